The smallest absolute Gasteiger partial charge is 0.368 e. The molecule has 0 aliphatic heterocycles. The van der Waals surface area contributed by atoms with E-state index < -0.39 is 17.7 Å². The maximum atomic E-state index is 11.3. The zero-order valence-electron chi connectivity index (χ0n) is 8.74. The zero-order valence-corrected chi connectivity index (χ0v) is 9.56. The van der Waals surface area contributed by atoms with Crippen LogP contribution in [0.5, 0.6) is 0 Å². The topological polar surface area (TPSA) is 124 Å². The number of nitrogen functional groups attached to an aromatic ring is 1. The molecule has 1 aromatic heterocycles. The van der Waals surface area contributed by atoms with Crippen molar-refractivity contribution in [3.8, 4) is 0 Å². The van der Waals surface area contributed by atoms with Crippen molar-refractivity contribution in [3.63, 3.8) is 0 Å². The summed E-state index contributed by atoms with van der Waals surface area (Å²) in [5, 5.41) is 13.6. The van der Waals surface area contributed by atoms with E-state index in [4.69, 9.17) is 10.8 Å². The molecule has 1 rings (SSSR count). The van der Waals surface area contributed by atoms with Crippen LogP contribution in [0, 0.1) is 0 Å². The van der Waals surface area contributed by atoms with Gasteiger partial charge in [0.15, 0.2) is 5.13 Å². The van der Waals surface area contributed by atoms with E-state index in [0.29, 0.717) is 10.8 Å². The van der Waals surface area contributed by atoms with Gasteiger partial charge in [0, 0.05) is 5.38 Å². The van der Waals surface area contributed by atoms with Crippen molar-refractivity contribution in [1.29, 1.82) is 0 Å². The Bertz CT molecular complexity index is 456. The summed E-state index contributed by atoms with van der Waals surface area (Å²) in [5.74, 6) is -2.64. The average Bonchev–Trinajstić information content (AvgIpc) is 2.68. The number of carbonyl (C=O) groups excluding carboxylic acids is 1. The average molecular weight is 259 g/mol. The minimum absolute atomic E-state index is 0.178. The molecule has 0 saturated heterocycles. The SMILES string of the molecule is CO/N=C(\C(=O)O)C(=O)OCc1csc(N)n1. The number of carboxylic acids is 1. The number of aliphatic carboxylic acids is 1. The number of esters is 1. The summed E-state index contributed by atoms with van der Waals surface area (Å²) < 4.78 is 4.68. The highest BCUT2D eigenvalue weighted by molar-refractivity contribution is 7.13. The molecule has 0 aliphatic rings. The zero-order chi connectivity index (χ0) is 12.8. The molecule has 0 amide bonds. The molecule has 8 nitrogen and oxygen atoms in total. The second kappa shape index (κ2) is 5.80. The van der Waals surface area contributed by atoms with Crippen LogP contribution in [0.15, 0.2) is 10.5 Å². The van der Waals surface area contributed by atoms with Crippen molar-refractivity contribution in [1.82, 2.24) is 4.98 Å². The number of aromatic nitrogens is 1. The molecule has 0 radical (unpaired) electrons. The second-order valence-electron chi connectivity index (χ2n) is 2.68. The van der Waals surface area contributed by atoms with Crippen LogP contribution in [0.3, 0.4) is 0 Å². The first-order chi connectivity index (χ1) is 8.04. The molecular weight excluding hydrogens is 250 g/mol. The lowest BCUT2D eigenvalue weighted by Crippen LogP contribution is -2.26. The van der Waals surface area contributed by atoms with E-state index in [9.17, 15) is 9.59 Å². The van der Waals surface area contributed by atoms with Crippen LogP contribution in [-0.2, 0) is 25.8 Å². The van der Waals surface area contributed by atoms with Crippen molar-refractivity contribution < 1.29 is 24.3 Å². The fourth-order valence-electron chi connectivity index (χ4n) is 0.852. The number of thiazole rings is 1. The molecule has 17 heavy (non-hydrogen) atoms. The lowest BCUT2D eigenvalue weighted by atomic mass is 10.4. The van der Waals surface area contributed by atoms with Gasteiger partial charge in [-0.05, 0) is 0 Å². The Kier molecular flexibility index (Phi) is 4.40. The number of carboxylic acid groups (broad SMARTS) is 1. The number of anilines is 1. The third-order valence-electron chi connectivity index (χ3n) is 1.50. The molecule has 0 fully saturated rings. The van der Waals surface area contributed by atoms with Gasteiger partial charge in [-0.15, -0.1) is 11.3 Å². The summed E-state index contributed by atoms with van der Waals surface area (Å²) in [5.41, 5.74) is 4.97. The Morgan fingerprint density at radius 1 is 1.65 bits per heavy atom. The van der Waals surface area contributed by atoms with Gasteiger partial charge in [-0.3, -0.25) is 0 Å². The maximum Gasteiger partial charge on any atom is 0.368 e. The predicted molar refractivity (Wildman–Crippen MR) is 58.4 cm³/mol. The first kappa shape index (κ1) is 12.9. The third-order valence-corrected chi connectivity index (χ3v) is 2.22. The molecule has 1 aromatic rings. The molecular formula is C8H9N3O5S. The third kappa shape index (κ3) is 3.72. The van der Waals surface area contributed by atoms with E-state index in [1.807, 2.05) is 0 Å². The van der Waals surface area contributed by atoms with Crippen LogP contribution >= 0.6 is 11.3 Å². The van der Waals surface area contributed by atoms with Gasteiger partial charge in [-0.25, -0.2) is 14.6 Å². The number of ether oxygens (including phenoxy) is 1. The predicted octanol–water partition coefficient (Wildman–Crippen LogP) is -0.145. The Hall–Kier alpha value is -2.16. The maximum absolute atomic E-state index is 11.3. The normalized spacial score (nSPS) is 11.0. The minimum Gasteiger partial charge on any atom is -0.476 e. The number of hydrogen-bond donors (Lipinski definition) is 2. The van der Waals surface area contributed by atoms with Crippen LogP contribution in [0.25, 0.3) is 0 Å². The van der Waals surface area contributed by atoms with Gasteiger partial charge in [-0.2, -0.15) is 0 Å². The van der Waals surface area contributed by atoms with Crippen LogP contribution in [0.2, 0.25) is 0 Å². The molecule has 0 aromatic carbocycles. The van der Waals surface area contributed by atoms with Crippen molar-refractivity contribution >= 4 is 34.1 Å². The van der Waals surface area contributed by atoms with Gasteiger partial charge in [0.1, 0.15) is 13.7 Å². The molecule has 1 heterocycles. The van der Waals surface area contributed by atoms with E-state index in [1.54, 1.807) is 5.38 Å². The Morgan fingerprint density at radius 2 is 2.35 bits per heavy atom. The summed E-state index contributed by atoms with van der Waals surface area (Å²) in [6, 6.07) is 0. The molecule has 0 spiro atoms. The summed E-state index contributed by atoms with van der Waals surface area (Å²) in [4.78, 5) is 29.9. The molecule has 92 valence electrons. The Balaban J connectivity index is 2.59. The first-order valence-corrected chi connectivity index (χ1v) is 5.14. The highest BCUT2D eigenvalue weighted by atomic mass is 32.1. The van der Waals surface area contributed by atoms with Gasteiger partial charge in [0.25, 0.3) is 5.71 Å². The molecule has 0 atom stereocenters. The molecule has 9 heteroatoms. The number of carbonyl (C=O) groups is 2. The molecule has 0 unspecified atom stereocenters. The monoisotopic (exact) mass is 259 g/mol. The van der Waals surface area contributed by atoms with Crippen molar-refractivity contribution in [2.45, 2.75) is 6.61 Å². The van der Waals surface area contributed by atoms with Gasteiger partial charge >= 0.3 is 11.9 Å². The van der Waals surface area contributed by atoms with Crippen LogP contribution in [-0.4, -0.2) is 34.9 Å². The lowest BCUT2D eigenvalue weighted by molar-refractivity contribution is -0.139. The highest BCUT2D eigenvalue weighted by Crippen LogP contribution is 2.11. The van der Waals surface area contributed by atoms with Gasteiger partial charge in [-0.1, -0.05) is 5.16 Å². The van der Waals surface area contributed by atoms with Gasteiger partial charge < -0.3 is 20.4 Å². The van der Waals surface area contributed by atoms with Gasteiger partial charge in [0.05, 0.1) is 5.69 Å². The van der Waals surface area contributed by atoms with E-state index in [0.717, 1.165) is 7.11 Å². The van der Waals surface area contributed by atoms with Crippen LogP contribution in [0.4, 0.5) is 5.13 Å². The Labute approximate surface area is 99.6 Å². The minimum atomic E-state index is -1.53. The van der Waals surface area contributed by atoms with E-state index in [1.165, 1.54) is 11.3 Å². The quantitative estimate of drug-likeness (QED) is 0.326. The van der Waals surface area contributed by atoms with E-state index in [-0.39, 0.29) is 6.61 Å². The van der Waals surface area contributed by atoms with Crippen molar-refractivity contribution in [3.05, 3.63) is 11.1 Å². The Morgan fingerprint density at radius 3 is 2.82 bits per heavy atom. The lowest BCUT2D eigenvalue weighted by Gasteiger charge is -2.01. The van der Waals surface area contributed by atoms with E-state index in [2.05, 4.69) is 19.7 Å². The molecule has 0 aliphatic carbocycles. The highest BCUT2D eigenvalue weighted by Gasteiger charge is 2.22. The summed E-state index contributed by atoms with van der Waals surface area (Å²) in [6.07, 6.45) is 0. The summed E-state index contributed by atoms with van der Waals surface area (Å²) in [7, 11) is 1.12. The summed E-state index contributed by atoms with van der Waals surface area (Å²) >= 11 is 1.19. The van der Waals surface area contributed by atoms with Crippen molar-refractivity contribution in [2.24, 2.45) is 5.16 Å². The fourth-order valence-corrected chi connectivity index (χ4v) is 1.40. The van der Waals surface area contributed by atoms with E-state index >= 15 is 0 Å². The molecule has 0 saturated carbocycles. The number of nitrogens with two attached hydrogens (primary N) is 1. The van der Waals surface area contributed by atoms with Gasteiger partial charge in [0.2, 0.25) is 0 Å². The van der Waals surface area contributed by atoms with Crippen LogP contribution < -0.4 is 5.73 Å². The van der Waals surface area contributed by atoms with Crippen molar-refractivity contribution in [2.75, 3.05) is 12.8 Å². The first-order valence-electron chi connectivity index (χ1n) is 4.26. The van der Waals surface area contributed by atoms with Crippen LogP contribution in [0.1, 0.15) is 5.69 Å². The standard InChI is InChI=1S/C8H9N3O5S/c1-15-11-5(6(12)13)7(14)16-2-4-3-17-8(9)10-4/h3H,2H2,1H3,(H2,9,10)(H,12,13)/b11-5+. The number of hydrogen-bond acceptors (Lipinski definition) is 8. The largest absolute Gasteiger partial charge is 0.476 e. The number of rotatable bonds is 5. The molecule has 0 bridgehead atoms. The summed E-state index contributed by atoms with van der Waals surface area (Å²) in [6.45, 7) is -0.178. The number of nitrogens with zero attached hydrogens (tertiary/aromatic N) is 2. The fraction of sp³-hybridized carbons (Fsp3) is 0.250. The number of oxime groups is 1. The molecule has 3 N–H and O–H groups in total. The second-order valence-corrected chi connectivity index (χ2v) is 3.57.